The molecule has 0 rings (SSSR count). The quantitative estimate of drug-likeness (QED) is 0.0281. The fourth-order valence-electron chi connectivity index (χ4n) is 8.09. The van der Waals surface area contributed by atoms with Crippen LogP contribution in [0.2, 0.25) is 0 Å². The van der Waals surface area contributed by atoms with Crippen LogP contribution in [-0.4, -0.2) is 80.6 Å². The molecule has 0 aromatic carbocycles. The first-order chi connectivity index (χ1) is 29.6. The Kier molecular flexibility index (Phi) is 43.3. The first kappa shape index (κ1) is 59.1. The van der Waals surface area contributed by atoms with Crippen molar-refractivity contribution < 1.29 is 38.2 Å². The van der Waals surface area contributed by atoms with Crippen molar-refractivity contribution in [3.8, 4) is 0 Å². The number of ether oxygens (including phenoxy) is 3. The van der Waals surface area contributed by atoms with Crippen LogP contribution in [0.5, 0.6) is 0 Å². The number of carboxylic acid groups (broad SMARTS) is 1. The van der Waals surface area contributed by atoms with Crippen LogP contribution in [-0.2, 0) is 28.6 Å². The normalized spacial score (nSPS) is 12.9. The Morgan fingerprint density at radius 1 is 0.475 bits per heavy atom. The van der Waals surface area contributed by atoms with Gasteiger partial charge in [0.25, 0.3) is 0 Å². The molecule has 0 aromatic rings. The van der Waals surface area contributed by atoms with E-state index >= 15 is 0 Å². The van der Waals surface area contributed by atoms with Gasteiger partial charge in [0.2, 0.25) is 0 Å². The van der Waals surface area contributed by atoms with Crippen molar-refractivity contribution in [1.29, 1.82) is 0 Å². The summed E-state index contributed by atoms with van der Waals surface area (Å²) in [6, 6.07) is -0.611. The maximum Gasteiger partial charge on any atom is 0.362 e. The van der Waals surface area contributed by atoms with Gasteiger partial charge in [-0.3, -0.25) is 9.59 Å². The number of aliphatic carboxylic acids is 1. The number of hydrogen-bond acceptors (Lipinski definition) is 6. The molecule has 0 amide bonds. The molecule has 0 radical (unpaired) electrons. The summed E-state index contributed by atoms with van der Waals surface area (Å²) in [5.41, 5.74) is 0. The molecule has 61 heavy (non-hydrogen) atoms. The predicted molar refractivity (Wildman–Crippen MR) is 257 cm³/mol. The standard InChI is InChI=1S/C53H101NO7/c1-6-8-10-12-14-16-18-20-22-24-26-28-30-32-34-36-38-40-42-44-52(56)61-49(47-59-46-45-50(53(57)58)54(3,4)5)48-60-51(55)43-41-39-37-35-33-31-29-27-25-23-21-19-17-15-13-11-9-7-2/h20,22,49-50H,6-19,21,23-48H2,1-5H3/p+1/b22-20-. The smallest absolute Gasteiger partial charge is 0.362 e. The van der Waals surface area contributed by atoms with Crippen LogP contribution in [0, 0.1) is 0 Å². The molecule has 0 spiro atoms. The summed E-state index contributed by atoms with van der Waals surface area (Å²) in [6.45, 7) is 4.78. The Labute approximate surface area is 378 Å². The number of nitrogens with zero attached hydrogens (tertiary/aromatic N) is 1. The minimum absolute atomic E-state index is 0.0448. The third-order valence-corrected chi connectivity index (χ3v) is 12.2. The largest absolute Gasteiger partial charge is 0.477 e. The number of rotatable bonds is 48. The Morgan fingerprint density at radius 2 is 0.820 bits per heavy atom. The highest BCUT2D eigenvalue weighted by atomic mass is 16.6. The highest BCUT2D eigenvalue weighted by Gasteiger charge is 2.31. The number of esters is 2. The molecule has 0 bridgehead atoms. The van der Waals surface area contributed by atoms with E-state index in [1.807, 2.05) is 21.1 Å². The van der Waals surface area contributed by atoms with Crippen LogP contribution in [0.1, 0.15) is 258 Å². The fourth-order valence-corrected chi connectivity index (χ4v) is 8.09. The highest BCUT2D eigenvalue weighted by molar-refractivity contribution is 5.72. The van der Waals surface area contributed by atoms with Crippen molar-refractivity contribution in [3.05, 3.63) is 12.2 Å². The fraction of sp³-hybridized carbons (Fsp3) is 0.906. The molecule has 0 aliphatic rings. The van der Waals surface area contributed by atoms with Crippen molar-refractivity contribution in [2.45, 2.75) is 270 Å². The van der Waals surface area contributed by atoms with Gasteiger partial charge in [-0.15, -0.1) is 0 Å². The highest BCUT2D eigenvalue weighted by Crippen LogP contribution is 2.17. The van der Waals surface area contributed by atoms with E-state index in [1.54, 1.807) is 0 Å². The average molecular weight is 865 g/mol. The van der Waals surface area contributed by atoms with Crippen molar-refractivity contribution in [3.63, 3.8) is 0 Å². The lowest BCUT2D eigenvalue weighted by Crippen LogP contribution is -2.50. The van der Waals surface area contributed by atoms with Gasteiger partial charge in [0.05, 0.1) is 34.4 Å². The lowest BCUT2D eigenvalue weighted by atomic mass is 10.0. The average Bonchev–Trinajstić information content (AvgIpc) is 3.22. The Bertz CT molecular complexity index is 1010. The molecule has 2 atom stereocenters. The van der Waals surface area contributed by atoms with Gasteiger partial charge in [0, 0.05) is 19.3 Å². The molecule has 0 saturated heterocycles. The lowest BCUT2D eigenvalue weighted by molar-refractivity contribution is -0.887. The molecule has 0 fully saturated rings. The Balaban J connectivity index is 4.20. The zero-order valence-corrected chi connectivity index (χ0v) is 41.1. The predicted octanol–water partition coefficient (Wildman–Crippen LogP) is 15.0. The molecular weight excluding hydrogens is 763 g/mol. The molecule has 0 heterocycles. The Morgan fingerprint density at radius 3 is 1.18 bits per heavy atom. The van der Waals surface area contributed by atoms with Crippen molar-refractivity contribution in [1.82, 2.24) is 0 Å². The zero-order valence-electron chi connectivity index (χ0n) is 41.1. The van der Waals surface area contributed by atoms with Crippen LogP contribution in [0.3, 0.4) is 0 Å². The molecule has 0 aliphatic carbocycles. The van der Waals surface area contributed by atoms with E-state index in [-0.39, 0.29) is 36.2 Å². The molecule has 360 valence electrons. The summed E-state index contributed by atoms with van der Waals surface area (Å²) in [5, 5.41) is 9.65. The molecule has 0 aromatic heterocycles. The topological polar surface area (TPSA) is 99.1 Å². The second-order valence-electron chi connectivity index (χ2n) is 19.1. The number of hydrogen-bond donors (Lipinski definition) is 1. The maximum absolute atomic E-state index is 12.8. The van der Waals surface area contributed by atoms with Crippen LogP contribution >= 0.6 is 0 Å². The van der Waals surface area contributed by atoms with Crippen LogP contribution < -0.4 is 0 Å². The van der Waals surface area contributed by atoms with Crippen LogP contribution in [0.25, 0.3) is 0 Å². The summed E-state index contributed by atoms with van der Waals surface area (Å²) >= 11 is 0. The third-order valence-electron chi connectivity index (χ3n) is 12.2. The molecule has 2 unspecified atom stereocenters. The van der Waals surface area contributed by atoms with Gasteiger partial charge in [0.15, 0.2) is 12.1 Å². The summed E-state index contributed by atoms with van der Waals surface area (Å²) in [6.07, 6.45) is 49.7. The van der Waals surface area contributed by atoms with E-state index in [2.05, 4.69) is 26.0 Å². The van der Waals surface area contributed by atoms with Crippen molar-refractivity contribution in [2.75, 3.05) is 41.0 Å². The van der Waals surface area contributed by atoms with E-state index in [1.165, 1.54) is 186 Å². The van der Waals surface area contributed by atoms with Crippen molar-refractivity contribution in [2.24, 2.45) is 0 Å². The van der Waals surface area contributed by atoms with Gasteiger partial charge >= 0.3 is 17.9 Å². The van der Waals surface area contributed by atoms with Gasteiger partial charge in [-0.2, -0.15) is 0 Å². The zero-order chi connectivity index (χ0) is 44.9. The number of likely N-dealkylation sites (N-methyl/N-ethyl adjacent to an activating group) is 1. The monoisotopic (exact) mass is 865 g/mol. The number of carbonyl (C=O) groups is 3. The van der Waals surface area contributed by atoms with Gasteiger partial charge < -0.3 is 23.8 Å². The second kappa shape index (κ2) is 44.7. The minimum atomic E-state index is -0.871. The van der Waals surface area contributed by atoms with E-state index < -0.39 is 18.1 Å². The summed E-state index contributed by atoms with van der Waals surface area (Å²) in [7, 11) is 5.55. The van der Waals surface area contributed by atoms with E-state index in [4.69, 9.17) is 14.2 Å². The van der Waals surface area contributed by atoms with Gasteiger partial charge in [-0.05, 0) is 38.5 Å². The minimum Gasteiger partial charge on any atom is -0.477 e. The SMILES string of the molecule is CCCCCCCC/C=C\CCCCCCCCCCCC(=O)OC(COCCC(C(=O)O)[N+](C)(C)C)COC(=O)CCCCCCCCCCCCCCCCCCCC. The molecular formula is C53H102NO7+. The summed E-state index contributed by atoms with van der Waals surface area (Å²) in [4.78, 5) is 37.2. The van der Waals surface area contributed by atoms with Gasteiger partial charge in [-0.25, -0.2) is 4.79 Å². The number of carboxylic acids is 1. The van der Waals surface area contributed by atoms with Gasteiger partial charge in [-0.1, -0.05) is 212 Å². The van der Waals surface area contributed by atoms with E-state index in [0.717, 1.165) is 38.5 Å². The van der Waals surface area contributed by atoms with Gasteiger partial charge in [0.1, 0.15) is 6.61 Å². The maximum atomic E-state index is 12.8. The lowest BCUT2D eigenvalue weighted by Gasteiger charge is -2.31. The first-order valence-electron chi connectivity index (χ1n) is 26.2. The van der Waals surface area contributed by atoms with Crippen molar-refractivity contribution >= 4 is 17.9 Å². The molecule has 1 N–H and O–H groups in total. The second-order valence-corrected chi connectivity index (χ2v) is 19.1. The number of quaternary nitrogens is 1. The summed E-state index contributed by atoms with van der Waals surface area (Å²) in [5.74, 6) is -1.45. The summed E-state index contributed by atoms with van der Waals surface area (Å²) < 4.78 is 17.4. The number of allylic oxidation sites excluding steroid dienone is 2. The molecule has 0 saturated carbocycles. The van der Waals surface area contributed by atoms with E-state index in [0.29, 0.717) is 19.3 Å². The third kappa shape index (κ3) is 43.1. The molecule has 0 aliphatic heterocycles. The van der Waals surface area contributed by atoms with E-state index in [9.17, 15) is 19.5 Å². The van der Waals surface area contributed by atoms with Crippen LogP contribution in [0.15, 0.2) is 12.2 Å². The number of carbonyl (C=O) groups excluding carboxylic acids is 2. The first-order valence-corrected chi connectivity index (χ1v) is 26.2. The van der Waals surface area contributed by atoms with Crippen LogP contribution in [0.4, 0.5) is 0 Å². The molecule has 8 nitrogen and oxygen atoms in total. The molecule has 8 heteroatoms. The Hall–Kier alpha value is -1.93. The number of unbranched alkanes of at least 4 members (excludes halogenated alkanes) is 32.